The third-order valence-electron chi connectivity index (χ3n) is 5.60. The number of phenolic OH excluding ortho intramolecular Hbond substituents is 1. The standard InChI is InChI=1S/C27H24O2S/c1-18-15-22(16-19(2)27(18)29-17-20-11-13-21(28)14-12-20)30-25-9-5-3-7-23(25)24-8-4-6-10-26(24)30/h3-16,28,30H,17H2,1-2H3. The van der Waals surface area contributed by atoms with Crippen LogP contribution in [0.25, 0.3) is 11.1 Å². The Morgan fingerprint density at radius 3 is 1.83 bits per heavy atom. The fourth-order valence-corrected chi connectivity index (χ4v) is 7.04. The summed E-state index contributed by atoms with van der Waals surface area (Å²) in [6.45, 7) is 4.75. The van der Waals surface area contributed by atoms with Gasteiger partial charge in [-0.15, -0.1) is 0 Å². The third kappa shape index (κ3) is 3.25. The van der Waals surface area contributed by atoms with Gasteiger partial charge >= 0.3 is 0 Å². The average Bonchev–Trinajstić information content (AvgIpc) is 3.09. The number of ether oxygens (including phenoxy) is 1. The zero-order chi connectivity index (χ0) is 20.7. The van der Waals surface area contributed by atoms with Gasteiger partial charge in [-0.2, -0.15) is 10.9 Å². The summed E-state index contributed by atoms with van der Waals surface area (Å²) < 4.78 is 6.18. The van der Waals surface area contributed by atoms with Gasteiger partial charge in [0.1, 0.15) is 18.1 Å². The minimum Gasteiger partial charge on any atom is -0.508 e. The molecule has 4 aromatic carbocycles. The van der Waals surface area contributed by atoms with Gasteiger partial charge in [0.05, 0.1) is 0 Å². The van der Waals surface area contributed by atoms with Gasteiger partial charge < -0.3 is 9.84 Å². The Balaban J connectivity index is 1.50. The van der Waals surface area contributed by atoms with Crippen LogP contribution in [-0.2, 0) is 6.61 Å². The molecule has 1 heterocycles. The number of phenols is 1. The molecule has 0 aliphatic carbocycles. The molecule has 0 spiro atoms. The van der Waals surface area contributed by atoms with Crippen molar-refractivity contribution in [3.05, 3.63) is 102 Å². The van der Waals surface area contributed by atoms with Crippen molar-refractivity contribution >= 4 is 10.9 Å². The number of aromatic hydroxyl groups is 1. The Kier molecular flexibility index (Phi) is 4.76. The van der Waals surface area contributed by atoms with Gasteiger partial charge in [0, 0.05) is 9.79 Å². The van der Waals surface area contributed by atoms with E-state index < -0.39 is 10.9 Å². The second-order valence-corrected chi connectivity index (χ2v) is 9.88. The van der Waals surface area contributed by atoms with Crippen molar-refractivity contribution in [3.63, 3.8) is 0 Å². The summed E-state index contributed by atoms with van der Waals surface area (Å²) in [6, 6.07) is 29.4. The fraction of sp³-hybridized carbons (Fsp3) is 0.111. The van der Waals surface area contributed by atoms with E-state index in [1.54, 1.807) is 12.1 Å². The van der Waals surface area contributed by atoms with E-state index in [1.165, 1.54) is 25.8 Å². The zero-order valence-electron chi connectivity index (χ0n) is 17.1. The number of hydrogen-bond donors (Lipinski definition) is 2. The first kappa shape index (κ1) is 18.8. The maximum atomic E-state index is 9.46. The average molecular weight is 413 g/mol. The van der Waals surface area contributed by atoms with E-state index in [-0.39, 0.29) is 5.75 Å². The van der Waals surface area contributed by atoms with Crippen LogP contribution in [0.2, 0.25) is 0 Å². The van der Waals surface area contributed by atoms with Gasteiger partial charge in [0.25, 0.3) is 0 Å². The molecule has 0 bridgehead atoms. The second-order valence-electron chi connectivity index (χ2n) is 7.73. The number of rotatable bonds is 4. The summed E-state index contributed by atoms with van der Waals surface area (Å²) >= 11 is 0. The van der Waals surface area contributed by atoms with Gasteiger partial charge in [0.2, 0.25) is 0 Å². The van der Waals surface area contributed by atoms with Crippen LogP contribution in [0, 0.1) is 13.8 Å². The number of fused-ring (bicyclic) bond motifs is 3. The number of benzene rings is 4. The highest BCUT2D eigenvalue weighted by Gasteiger charge is 2.27. The maximum Gasteiger partial charge on any atom is 0.125 e. The van der Waals surface area contributed by atoms with Gasteiger partial charge in [0.15, 0.2) is 0 Å². The lowest BCUT2D eigenvalue weighted by Crippen LogP contribution is -1.99. The minimum absolute atomic E-state index is 0.273. The Morgan fingerprint density at radius 1 is 0.733 bits per heavy atom. The summed E-state index contributed by atoms with van der Waals surface area (Å²) in [5.74, 6) is 1.22. The molecule has 0 amide bonds. The van der Waals surface area contributed by atoms with Crippen LogP contribution >= 0.6 is 10.9 Å². The molecule has 3 heteroatoms. The Hall–Kier alpha value is -3.17. The van der Waals surface area contributed by atoms with Crippen molar-refractivity contribution in [2.45, 2.75) is 35.1 Å². The first-order chi connectivity index (χ1) is 14.6. The Labute approximate surface area is 180 Å². The van der Waals surface area contributed by atoms with Gasteiger partial charge in [-0.05, 0) is 83.0 Å². The molecule has 0 atom stereocenters. The lowest BCUT2D eigenvalue weighted by Gasteiger charge is -2.22. The van der Waals surface area contributed by atoms with Crippen LogP contribution < -0.4 is 4.74 Å². The van der Waals surface area contributed by atoms with Crippen LogP contribution in [0.5, 0.6) is 11.5 Å². The molecule has 0 saturated heterocycles. The first-order valence-electron chi connectivity index (χ1n) is 10.1. The van der Waals surface area contributed by atoms with Crippen LogP contribution in [-0.4, -0.2) is 5.11 Å². The number of hydrogen-bond acceptors (Lipinski definition) is 2. The van der Waals surface area contributed by atoms with E-state index >= 15 is 0 Å². The van der Waals surface area contributed by atoms with E-state index in [2.05, 4.69) is 74.5 Å². The zero-order valence-corrected chi connectivity index (χ0v) is 18.0. The van der Waals surface area contributed by atoms with Crippen LogP contribution in [0.1, 0.15) is 16.7 Å². The molecule has 0 unspecified atom stereocenters. The SMILES string of the molecule is Cc1cc([SH]2c3ccccc3-c3ccccc32)cc(C)c1OCc1ccc(O)cc1. The summed E-state index contributed by atoms with van der Waals surface area (Å²) in [6.07, 6.45) is 0. The van der Waals surface area contributed by atoms with Crippen molar-refractivity contribution < 1.29 is 9.84 Å². The van der Waals surface area contributed by atoms with E-state index in [1.807, 2.05) is 12.1 Å². The summed E-state index contributed by atoms with van der Waals surface area (Å²) in [5.41, 5.74) is 6.09. The summed E-state index contributed by atoms with van der Waals surface area (Å²) in [7, 11) is -0.557. The molecule has 0 radical (unpaired) electrons. The molecule has 2 nitrogen and oxygen atoms in total. The lowest BCUT2D eigenvalue weighted by atomic mass is 10.1. The topological polar surface area (TPSA) is 29.5 Å². The molecule has 0 fully saturated rings. The molecular formula is C27H24O2S. The molecule has 30 heavy (non-hydrogen) atoms. The Bertz CT molecular complexity index is 1160. The fourth-order valence-electron chi connectivity index (χ4n) is 4.23. The van der Waals surface area contributed by atoms with Gasteiger partial charge in [-0.3, -0.25) is 0 Å². The van der Waals surface area contributed by atoms with Gasteiger partial charge in [-0.1, -0.05) is 48.5 Å². The Morgan fingerprint density at radius 2 is 1.27 bits per heavy atom. The molecule has 1 N–H and O–H groups in total. The van der Waals surface area contributed by atoms with Crippen molar-refractivity contribution in [1.29, 1.82) is 0 Å². The predicted molar refractivity (Wildman–Crippen MR) is 124 cm³/mol. The molecule has 4 aromatic rings. The highest BCUT2D eigenvalue weighted by molar-refractivity contribution is 8.17. The van der Waals surface area contributed by atoms with Crippen molar-refractivity contribution in [2.75, 3.05) is 0 Å². The van der Waals surface area contributed by atoms with Crippen LogP contribution in [0.3, 0.4) is 0 Å². The predicted octanol–water partition coefficient (Wildman–Crippen LogP) is 7.05. The molecule has 0 aromatic heterocycles. The van der Waals surface area contributed by atoms with Crippen molar-refractivity contribution in [3.8, 4) is 22.6 Å². The van der Waals surface area contributed by atoms with Crippen LogP contribution in [0.4, 0.5) is 0 Å². The van der Waals surface area contributed by atoms with Crippen molar-refractivity contribution in [1.82, 2.24) is 0 Å². The van der Waals surface area contributed by atoms with E-state index in [0.717, 1.165) is 22.4 Å². The minimum atomic E-state index is -0.557. The van der Waals surface area contributed by atoms with Gasteiger partial charge in [-0.25, -0.2) is 0 Å². The number of thiol groups is 1. The number of aryl methyl sites for hydroxylation is 2. The molecular weight excluding hydrogens is 388 g/mol. The highest BCUT2D eigenvalue weighted by Crippen LogP contribution is 2.62. The smallest absolute Gasteiger partial charge is 0.125 e. The molecule has 1 aliphatic rings. The summed E-state index contributed by atoms with van der Waals surface area (Å²) in [5, 5.41) is 9.46. The molecule has 0 saturated carbocycles. The van der Waals surface area contributed by atoms with Crippen molar-refractivity contribution in [2.24, 2.45) is 0 Å². The van der Waals surface area contributed by atoms with E-state index in [4.69, 9.17) is 4.74 Å². The monoisotopic (exact) mass is 412 g/mol. The highest BCUT2D eigenvalue weighted by atomic mass is 32.2. The van der Waals surface area contributed by atoms with Crippen LogP contribution in [0.15, 0.2) is 99.6 Å². The largest absolute Gasteiger partial charge is 0.508 e. The second kappa shape index (κ2) is 7.58. The van der Waals surface area contributed by atoms with E-state index in [9.17, 15) is 5.11 Å². The third-order valence-corrected chi connectivity index (χ3v) is 8.12. The maximum absolute atomic E-state index is 9.46. The lowest BCUT2D eigenvalue weighted by molar-refractivity contribution is 0.301. The summed E-state index contributed by atoms with van der Waals surface area (Å²) in [4.78, 5) is 4.24. The molecule has 1 aliphatic heterocycles. The molecule has 150 valence electrons. The van der Waals surface area contributed by atoms with E-state index in [0.29, 0.717) is 6.61 Å². The normalized spacial score (nSPS) is 13.1. The quantitative estimate of drug-likeness (QED) is 0.310. The molecule has 5 rings (SSSR count). The first-order valence-corrected chi connectivity index (χ1v) is 11.5.